The van der Waals surface area contributed by atoms with Crippen molar-refractivity contribution in [1.29, 1.82) is 5.41 Å². The van der Waals surface area contributed by atoms with E-state index in [9.17, 15) is 4.79 Å². The second-order valence-electron chi connectivity index (χ2n) is 2.60. The van der Waals surface area contributed by atoms with Crippen LogP contribution in [-0.2, 0) is 9.47 Å². The summed E-state index contributed by atoms with van der Waals surface area (Å²) in [6.07, 6.45) is 0. The third-order valence-electron chi connectivity index (χ3n) is 1.77. The number of methoxy groups -OCH3 is 2. The first-order valence-electron chi connectivity index (χ1n) is 4.00. The Kier molecular flexibility index (Phi) is 3.23. The molecular formula is C10H11NO3. The van der Waals surface area contributed by atoms with E-state index < -0.39 is 0 Å². The Morgan fingerprint density at radius 3 is 2.00 bits per heavy atom. The molecule has 0 saturated carbocycles. The fraction of sp³-hybridized carbons (Fsp3) is 0.200. The molecule has 74 valence electrons. The van der Waals surface area contributed by atoms with Crippen LogP contribution >= 0.6 is 0 Å². The van der Waals surface area contributed by atoms with Gasteiger partial charge in [0.2, 0.25) is 5.90 Å². The molecule has 0 spiro atoms. The Morgan fingerprint density at radius 2 is 1.57 bits per heavy atom. The zero-order valence-corrected chi connectivity index (χ0v) is 8.03. The molecule has 0 heterocycles. The summed E-state index contributed by atoms with van der Waals surface area (Å²) in [5.74, 6) is -0.318. The number of hydrogen-bond acceptors (Lipinski definition) is 4. The van der Waals surface area contributed by atoms with Crippen LogP contribution in [0.2, 0.25) is 0 Å². The van der Waals surface area contributed by atoms with Gasteiger partial charge in [-0.2, -0.15) is 0 Å². The van der Waals surface area contributed by atoms with Gasteiger partial charge < -0.3 is 9.47 Å². The molecule has 1 aromatic rings. The second kappa shape index (κ2) is 4.41. The van der Waals surface area contributed by atoms with Crippen molar-refractivity contribution in [2.75, 3.05) is 14.2 Å². The Bertz CT molecular complexity index is 308. The fourth-order valence-electron chi connectivity index (χ4n) is 0.993. The number of carbonyl (C=O) groups excluding carboxylic acids is 1. The quantitative estimate of drug-likeness (QED) is 0.439. The first-order valence-corrected chi connectivity index (χ1v) is 4.00. The predicted molar refractivity (Wildman–Crippen MR) is 51.6 cm³/mol. The van der Waals surface area contributed by atoms with Gasteiger partial charge in [0.05, 0.1) is 19.8 Å². The van der Waals surface area contributed by atoms with Crippen molar-refractivity contribution in [3.63, 3.8) is 0 Å². The summed E-state index contributed by atoms with van der Waals surface area (Å²) in [5.41, 5.74) is 1.08. The topological polar surface area (TPSA) is 59.4 Å². The van der Waals surface area contributed by atoms with Gasteiger partial charge in [-0.1, -0.05) is 0 Å². The molecule has 0 aliphatic heterocycles. The SMILES string of the molecule is COC(=N)c1ccc(C(=O)OC)cc1. The second-order valence-corrected chi connectivity index (χ2v) is 2.60. The molecule has 1 rings (SSSR count). The van der Waals surface area contributed by atoms with Crippen LogP contribution in [0, 0.1) is 5.41 Å². The van der Waals surface area contributed by atoms with Gasteiger partial charge in [0.25, 0.3) is 0 Å². The molecule has 14 heavy (non-hydrogen) atoms. The third-order valence-corrected chi connectivity index (χ3v) is 1.77. The lowest BCUT2D eigenvalue weighted by Gasteiger charge is -2.03. The van der Waals surface area contributed by atoms with E-state index in [4.69, 9.17) is 10.1 Å². The van der Waals surface area contributed by atoms with Gasteiger partial charge in [0.15, 0.2) is 0 Å². The molecule has 0 saturated heterocycles. The Balaban J connectivity index is 2.89. The molecule has 0 aliphatic carbocycles. The molecule has 1 aromatic carbocycles. The van der Waals surface area contributed by atoms with Crippen molar-refractivity contribution >= 4 is 11.9 Å². The number of benzene rings is 1. The predicted octanol–water partition coefficient (Wildman–Crippen LogP) is 1.44. The van der Waals surface area contributed by atoms with E-state index in [1.54, 1.807) is 24.3 Å². The van der Waals surface area contributed by atoms with E-state index in [0.717, 1.165) is 0 Å². The van der Waals surface area contributed by atoms with E-state index in [1.165, 1.54) is 14.2 Å². The smallest absolute Gasteiger partial charge is 0.337 e. The summed E-state index contributed by atoms with van der Waals surface area (Å²) in [5, 5.41) is 7.36. The van der Waals surface area contributed by atoms with Crippen molar-refractivity contribution in [3.05, 3.63) is 35.4 Å². The lowest BCUT2D eigenvalue weighted by molar-refractivity contribution is 0.0600. The molecule has 0 fully saturated rings. The van der Waals surface area contributed by atoms with Crippen LogP contribution in [0.15, 0.2) is 24.3 Å². The maximum atomic E-state index is 11.1. The van der Waals surface area contributed by atoms with Crippen molar-refractivity contribution in [3.8, 4) is 0 Å². The van der Waals surface area contributed by atoms with Gasteiger partial charge in [-0.15, -0.1) is 0 Å². The van der Waals surface area contributed by atoms with Gasteiger partial charge in [-0.25, -0.2) is 4.79 Å². The summed E-state index contributed by atoms with van der Waals surface area (Å²) in [4.78, 5) is 11.1. The first kappa shape index (κ1) is 10.2. The highest BCUT2D eigenvalue weighted by Crippen LogP contribution is 2.06. The van der Waals surface area contributed by atoms with Gasteiger partial charge in [-0.05, 0) is 24.3 Å². The summed E-state index contributed by atoms with van der Waals surface area (Å²) in [6, 6.07) is 6.46. The molecule has 0 atom stereocenters. The number of esters is 1. The summed E-state index contributed by atoms with van der Waals surface area (Å²) >= 11 is 0. The number of hydrogen-bond donors (Lipinski definition) is 1. The molecule has 0 unspecified atom stereocenters. The maximum Gasteiger partial charge on any atom is 0.337 e. The zero-order valence-electron chi connectivity index (χ0n) is 8.03. The molecule has 0 amide bonds. The van der Waals surface area contributed by atoms with Gasteiger partial charge in [-0.3, -0.25) is 5.41 Å². The van der Waals surface area contributed by atoms with Crippen LogP contribution in [0.1, 0.15) is 15.9 Å². The van der Waals surface area contributed by atoms with E-state index in [-0.39, 0.29) is 11.9 Å². The monoisotopic (exact) mass is 193 g/mol. The van der Waals surface area contributed by atoms with Gasteiger partial charge in [0, 0.05) is 5.56 Å². The zero-order chi connectivity index (χ0) is 10.6. The van der Waals surface area contributed by atoms with Crippen molar-refractivity contribution in [1.82, 2.24) is 0 Å². The van der Waals surface area contributed by atoms with Crippen LogP contribution in [0.4, 0.5) is 0 Å². The molecule has 4 nitrogen and oxygen atoms in total. The fourth-order valence-corrected chi connectivity index (χ4v) is 0.993. The minimum atomic E-state index is -0.388. The van der Waals surface area contributed by atoms with Crippen LogP contribution in [-0.4, -0.2) is 26.1 Å². The van der Waals surface area contributed by atoms with Gasteiger partial charge in [0.1, 0.15) is 0 Å². The van der Waals surface area contributed by atoms with Crippen LogP contribution in [0.5, 0.6) is 0 Å². The van der Waals surface area contributed by atoms with Crippen LogP contribution < -0.4 is 0 Å². The van der Waals surface area contributed by atoms with E-state index in [0.29, 0.717) is 11.1 Å². The standard InChI is InChI=1S/C10H11NO3/c1-13-9(11)7-3-5-8(6-4-7)10(12)14-2/h3-6,11H,1-2H3. The first-order chi connectivity index (χ1) is 6.69. The molecule has 1 N–H and O–H groups in total. The van der Waals surface area contributed by atoms with E-state index in [2.05, 4.69) is 4.74 Å². The minimum Gasteiger partial charge on any atom is -0.481 e. The molecule has 4 heteroatoms. The highest BCUT2D eigenvalue weighted by Gasteiger charge is 2.06. The molecule has 0 bridgehead atoms. The Morgan fingerprint density at radius 1 is 1.07 bits per heavy atom. The maximum absolute atomic E-state index is 11.1. The highest BCUT2D eigenvalue weighted by atomic mass is 16.5. The Labute approximate surface area is 82.0 Å². The third kappa shape index (κ3) is 2.10. The van der Waals surface area contributed by atoms with Crippen molar-refractivity contribution < 1.29 is 14.3 Å². The number of nitrogens with one attached hydrogen (secondary N) is 1. The minimum absolute atomic E-state index is 0.0708. The summed E-state index contributed by atoms with van der Waals surface area (Å²) in [6.45, 7) is 0. The van der Waals surface area contributed by atoms with Gasteiger partial charge >= 0.3 is 5.97 Å². The summed E-state index contributed by atoms with van der Waals surface area (Å²) < 4.78 is 9.27. The van der Waals surface area contributed by atoms with Crippen molar-refractivity contribution in [2.45, 2.75) is 0 Å². The average Bonchev–Trinajstić information content (AvgIpc) is 2.27. The molecule has 0 radical (unpaired) electrons. The molecule has 0 aromatic heterocycles. The Hall–Kier alpha value is -1.84. The van der Waals surface area contributed by atoms with E-state index >= 15 is 0 Å². The lowest BCUT2D eigenvalue weighted by atomic mass is 10.1. The van der Waals surface area contributed by atoms with Crippen LogP contribution in [0.3, 0.4) is 0 Å². The highest BCUT2D eigenvalue weighted by molar-refractivity contribution is 5.94. The normalized spacial score (nSPS) is 9.29. The molecule has 0 aliphatic rings. The van der Waals surface area contributed by atoms with Crippen molar-refractivity contribution in [2.24, 2.45) is 0 Å². The van der Waals surface area contributed by atoms with E-state index in [1.807, 2.05) is 0 Å². The summed E-state index contributed by atoms with van der Waals surface area (Å²) in [7, 11) is 2.75. The average molecular weight is 193 g/mol. The number of carbonyl (C=O) groups is 1. The number of rotatable bonds is 2. The number of ether oxygens (including phenoxy) is 2. The largest absolute Gasteiger partial charge is 0.481 e. The lowest BCUT2D eigenvalue weighted by Crippen LogP contribution is -2.04. The molecular weight excluding hydrogens is 182 g/mol. The van der Waals surface area contributed by atoms with Crippen LogP contribution in [0.25, 0.3) is 0 Å².